The van der Waals surface area contributed by atoms with E-state index in [0.29, 0.717) is 12.2 Å². The number of hydrogen-bond acceptors (Lipinski definition) is 2. The molecule has 3 nitrogen and oxygen atoms in total. The van der Waals surface area contributed by atoms with Gasteiger partial charge in [0.05, 0.1) is 17.1 Å². The first-order chi connectivity index (χ1) is 6.17. The third-order valence-corrected chi connectivity index (χ3v) is 4.09. The van der Waals surface area contributed by atoms with Crippen molar-refractivity contribution in [3.8, 4) is 6.07 Å². The van der Waals surface area contributed by atoms with Gasteiger partial charge in [-0.3, -0.25) is 0 Å². The second-order valence-electron chi connectivity index (χ2n) is 3.60. The second kappa shape index (κ2) is 4.21. The van der Waals surface area contributed by atoms with Crippen molar-refractivity contribution in [2.24, 2.45) is 5.41 Å². The van der Waals surface area contributed by atoms with Gasteiger partial charge in [0, 0.05) is 30.7 Å². The summed E-state index contributed by atoms with van der Waals surface area (Å²) in [4.78, 5) is 0. The predicted molar refractivity (Wildman–Crippen MR) is 53.2 cm³/mol. The third kappa shape index (κ3) is 2.09. The third-order valence-electron chi connectivity index (χ3n) is 2.76. The average Bonchev–Trinajstić information content (AvgIpc) is 2.09. The number of rotatable bonds is 4. The van der Waals surface area contributed by atoms with Gasteiger partial charge >= 0.3 is 0 Å². The van der Waals surface area contributed by atoms with Gasteiger partial charge < -0.3 is 0 Å². The molecular formula is C9H16N2OS. The van der Waals surface area contributed by atoms with Gasteiger partial charge in [0.2, 0.25) is 0 Å². The van der Waals surface area contributed by atoms with Crippen molar-refractivity contribution < 1.29 is 4.21 Å². The van der Waals surface area contributed by atoms with Crippen molar-refractivity contribution in [2.75, 3.05) is 18.8 Å². The van der Waals surface area contributed by atoms with Gasteiger partial charge in [0.15, 0.2) is 0 Å². The van der Waals surface area contributed by atoms with E-state index in [-0.39, 0.29) is 5.41 Å². The molecule has 4 heteroatoms. The molecule has 0 aromatic heterocycles. The predicted octanol–water partition coefficient (Wildman–Crippen LogP) is 1.30. The molecule has 1 aliphatic rings. The molecule has 0 aliphatic carbocycles. The zero-order chi connectivity index (χ0) is 9.90. The van der Waals surface area contributed by atoms with Crippen LogP contribution in [0.25, 0.3) is 0 Å². The fourth-order valence-electron chi connectivity index (χ4n) is 1.66. The highest BCUT2D eigenvalue weighted by Crippen LogP contribution is 2.37. The lowest BCUT2D eigenvalue weighted by atomic mass is 9.77. The van der Waals surface area contributed by atoms with Gasteiger partial charge in [-0.05, 0) is 6.42 Å². The summed E-state index contributed by atoms with van der Waals surface area (Å²) in [5, 5.41) is 8.64. The Balaban J connectivity index is 2.45. The van der Waals surface area contributed by atoms with Crippen LogP contribution in [0.5, 0.6) is 0 Å². The molecule has 0 N–H and O–H groups in total. The van der Waals surface area contributed by atoms with Gasteiger partial charge in [0.25, 0.3) is 0 Å². The molecule has 0 spiro atoms. The first kappa shape index (κ1) is 10.7. The van der Waals surface area contributed by atoms with Crippen LogP contribution in [0.1, 0.15) is 26.7 Å². The SMILES string of the molecule is CCS(=O)N1CC(CC)(CC#N)C1. The van der Waals surface area contributed by atoms with Gasteiger partial charge in [-0.15, -0.1) is 0 Å². The largest absolute Gasteiger partial charge is 0.243 e. The molecule has 0 saturated carbocycles. The van der Waals surface area contributed by atoms with E-state index in [1.807, 2.05) is 11.2 Å². The maximum Gasteiger partial charge on any atom is 0.0940 e. The highest BCUT2D eigenvalue weighted by atomic mass is 32.2. The zero-order valence-electron chi connectivity index (χ0n) is 8.25. The Hall–Kier alpha value is -0.400. The molecule has 1 atom stereocenters. The Kier molecular flexibility index (Phi) is 3.46. The lowest BCUT2D eigenvalue weighted by molar-refractivity contribution is 0.0756. The summed E-state index contributed by atoms with van der Waals surface area (Å²) in [7, 11) is -0.813. The Morgan fingerprint density at radius 1 is 1.54 bits per heavy atom. The highest BCUT2D eigenvalue weighted by Gasteiger charge is 2.43. The Morgan fingerprint density at radius 2 is 2.15 bits per heavy atom. The lowest BCUT2D eigenvalue weighted by Crippen LogP contribution is -2.56. The van der Waals surface area contributed by atoms with Gasteiger partial charge in [-0.25, -0.2) is 8.51 Å². The summed E-state index contributed by atoms with van der Waals surface area (Å²) in [6, 6.07) is 2.21. The highest BCUT2D eigenvalue weighted by molar-refractivity contribution is 7.82. The summed E-state index contributed by atoms with van der Waals surface area (Å²) in [5.41, 5.74) is 0.138. The van der Waals surface area contributed by atoms with E-state index < -0.39 is 11.0 Å². The molecule has 0 bridgehead atoms. The monoisotopic (exact) mass is 200 g/mol. The first-order valence-corrected chi connectivity index (χ1v) is 5.95. The molecule has 13 heavy (non-hydrogen) atoms. The van der Waals surface area contributed by atoms with Crippen LogP contribution in [-0.4, -0.2) is 27.4 Å². The molecular weight excluding hydrogens is 184 g/mol. The van der Waals surface area contributed by atoms with E-state index in [2.05, 4.69) is 13.0 Å². The average molecular weight is 200 g/mol. The van der Waals surface area contributed by atoms with Crippen LogP contribution >= 0.6 is 0 Å². The summed E-state index contributed by atoms with van der Waals surface area (Å²) >= 11 is 0. The Morgan fingerprint density at radius 3 is 2.54 bits per heavy atom. The van der Waals surface area contributed by atoms with Crippen LogP contribution in [-0.2, 0) is 11.0 Å². The van der Waals surface area contributed by atoms with E-state index in [1.165, 1.54) is 0 Å². The molecule has 1 rings (SSSR count). The van der Waals surface area contributed by atoms with Gasteiger partial charge in [0.1, 0.15) is 0 Å². The fraction of sp³-hybridized carbons (Fsp3) is 0.889. The first-order valence-electron chi connectivity index (χ1n) is 4.68. The molecule has 0 amide bonds. The summed E-state index contributed by atoms with van der Waals surface area (Å²) in [6.07, 6.45) is 1.61. The summed E-state index contributed by atoms with van der Waals surface area (Å²) in [6.45, 7) is 5.69. The van der Waals surface area contributed by atoms with E-state index in [4.69, 9.17) is 5.26 Å². The van der Waals surface area contributed by atoms with Crippen molar-refractivity contribution in [1.29, 1.82) is 5.26 Å². The minimum atomic E-state index is -0.813. The number of nitriles is 1. The lowest BCUT2D eigenvalue weighted by Gasteiger charge is -2.47. The van der Waals surface area contributed by atoms with Crippen molar-refractivity contribution in [2.45, 2.75) is 26.7 Å². The maximum atomic E-state index is 11.4. The van der Waals surface area contributed by atoms with Crippen molar-refractivity contribution in [3.63, 3.8) is 0 Å². The smallest absolute Gasteiger partial charge is 0.0940 e. The second-order valence-corrected chi connectivity index (χ2v) is 5.33. The zero-order valence-corrected chi connectivity index (χ0v) is 9.06. The molecule has 0 radical (unpaired) electrons. The minimum Gasteiger partial charge on any atom is -0.243 e. The molecule has 0 aromatic rings. The van der Waals surface area contributed by atoms with E-state index in [1.54, 1.807) is 0 Å². The fourth-order valence-corrected chi connectivity index (χ4v) is 2.86. The number of hydrogen-bond donors (Lipinski definition) is 0. The van der Waals surface area contributed by atoms with Crippen molar-refractivity contribution >= 4 is 11.0 Å². The Labute approximate surface area is 82.3 Å². The van der Waals surface area contributed by atoms with Gasteiger partial charge in [-0.2, -0.15) is 5.26 Å². The van der Waals surface area contributed by atoms with Crippen LogP contribution < -0.4 is 0 Å². The quantitative estimate of drug-likeness (QED) is 0.686. The van der Waals surface area contributed by atoms with Crippen LogP contribution in [0.4, 0.5) is 0 Å². The molecule has 1 heterocycles. The van der Waals surface area contributed by atoms with E-state index >= 15 is 0 Å². The molecule has 74 valence electrons. The van der Waals surface area contributed by atoms with Gasteiger partial charge in [-0.1, -0.05) is 13.8 Å². The van der Waals surface area contributed by atoms with Crippen molar-refractivity contribution in [3.05, 3.63) is 0 Å². The van der Waals surface area contributed by atoms with Crippen LogP contribution in [0.15, 0.2) is 0 Å². The summed E-state index contributed by atoms with van der Waals surface area (Å²) < 4.78 is 13.3. The Bertz CT molecular complexity index is 240. The molecule has 1 fully saturated rings. The van der Waals surface area contributed by atoms with E-state index in [0.717, 1.165) is 19.5 Å². The molecule has 0 aromatic carbocycles. The standard InChI is InChI=1S/C9H16N2OS/c1-3-9(5-6-10)7-11(8-9)13(12)4-2/h3-5,7-8H2,1-2H3. The van der Waals surface area contributed by atoms with Crippen molar-refractivity contribution in [1.82, 2.24) is 4.31 Å². The normalized spacial score (nSPS) is 23.2. The van der Waals surface area contributed by atoms with Crippen LogP contribution in [0, 0.1) is 16.7 Å². The van der Waals surface area contributed by atoms with Crippen LogP contribution in [0.3, 0.4) is 0 Å². The van der Waals surface area contributed by atoms with E-state index in [9.17, 15) is 4.21 Å². The molecule has 1 aliphatic heterocycles. The minimum absolute atomic E-state index is 0.138. The maximum absolute atomic E-state index is 11.4. The molecule has 1 saturated heterocycles. The summed E-state index contributed by atoms with van der Waals surface area (Å²) in [5.74, 6) is 0.687. The molecule has 1 unspecified atom stereocenters. The topological polar surface area (TPSA) is 44.1 Å². The number of nitrogens with zero attached hydrogens (tertiary/aromatic N) is 2. The van der Waals surface area contributed by atoms with Crippen LogP contribution in [0.2, 0.25) is 0 Å².